The van der Waals surface area contributed by atoms with E-state index in [0.29, 0.717) is 15.6 Å². The second-order valence-corrected chi connectivity index (χ2v) is 7.78. The molecule has 2 atom stereocenters. The van der Waals surface area contributed by atoms with Gasteiger partial charge in [0.2, 0.25) is 11.8 Å². The maximum Gasteiger partial charge on any atom is 0.248 e. The number of alkyl halides is 2. The molecule has 8 heteroatoms. The first-order chi connectivity index (χ1) is 11.6. The van der Waals surface area contributed by atoms with Crippen LogP contribution >= 0.6 is 46.4 Å². The summed E-state index contributed by atoms with van der Waals surface area (Å²) in [6.07, 6.45) is 0. The minimum atomic E-state index is -1.15. The van der Waals surface area contributed by atoms with Gasteiger partial charge in [0.1, 0.15) is 4.33 Å². The molecular formula is C17H14Cl4N2O2. The lowest BCUT2D eigenvalue weighted by Crippen LogP contribution is -2.16. The third kappa shape index (κ3) is 4.79. The molecule has 2 aromatic carbocycles. The first-order valence-corrected chi connectivity index (χ1v) is 8.63. The minimum Gasteiger partial charge on any atom is -0.369 e. The Hall–Kier alpha value is -1.46. The van der Waals surface area contributed by atoms with Gasteiger partial charge in [-0.15, -0.1) is 23.2 Å². The molecule has 1 aliphatic rings. The van der Waals surface area contributed by atoms with E-state index in [9.17, 15) is 9.59 Å². The molecule has 0 saturated heterocycles. The first kappa shape index (κ1) is 19.9. The zero-order chi connectivity index (χ0) is 18.8. The molecule has 0 aliphatic heterocycles. The number of primary amides is 2. The summed E-state index contributed by atoms with van der Waals surface area (Å²) in [6, 6.07) is 13.7. The molecule has 1 fully saturated rings. The number of hydrogen-bond acceptors (Lipinski definition) is 2. The van der Waals surface area contributed by atoms with Crippen molar-refractivity contribution in [3.05, 3.63) is 69.7 Å². The molecule has 0 aromatic heterocycles. The van der Waals surface area contributed by atoms with Crippen LogP contribution in [0.2, 0.25) is 10.0 Å². The van der Waals surface area contributed by atoms with E-state index in [1.54, 1.807) is 42.5 Å². The van der Waals surface area contributed by atoms with Crippen molar-refractivity contribution in [2.45, 2.75) is 10.3 Å². The normalized spacial score (nSPS) is 20.2. The third-order valence-corrected chi connectivity index (χ3v) is 5.04. The molecule has 0 spiro atoms. The molecule has 1 saturated carbocycles. The fourth-order valence-corrected chi connectivity index (χ4v) is 3.84. The van der Waals surface area contributed by atoms with Crippen LogP contribution in [0.4, 0.5) is 0 Å². The fraction of sp³-hybridized carbons (Fsp3) is 0.176. The summed E-state index contributed by atoms with van der Waals surface area (Å²) in [6.45, 7) is 0. The summed E-state index contributed by atoms with van der Waals surface area (Å²) in [5, 5.41) is 0.948. The highest BCUT2D eigenvalue weighted by atomic mass is 35.5. The van der Waals surface area contributed by atoms with Crippen molar-refractivity contribution in [3.63, 3.8) is 0 Å². The van der Waals surface area contributed by atoms with E-state index in [1.165, 1.54) is 0 Å². The topological polar surface area (TPSA) is 86.2 Å². The van der Waals surface area contributed by atoms with Crippen molar-refractivity contribution in [3.8, 4) is 0 Å². The van der Waals surface area contributed by atoms with Crippen molar-refractivity contribution in [1.29, 1.82) is 0 Å². The Morgan fingerprint density at radius 1 is 0.920 bits per heavy atom. The number of nitrogens with two attached hydrogens (primary N) is 2. The van der Waals surface area contributed by atoms with Gasteiger partial charge in [0, 0.05) is 21.5 Å². The number of benzene rings is 2. The highest BCUT2D eigenvalue weighted by molar-refractivity contribution is 6.53. The summed E-state index contributed by atoms with van der Waals surface area (Å²) in [5.74, 6) is -1.84. The number of amides is 2. The van der Waals surface area contributed by atoms with Gasteiger partial charge in [-0.3, -0.25) is 9.59 Å². The lowest BCUT2D eigenvalue weighted by atomic mass is 10.1. The van der Waals surface area contributed by atoms with Crippen molar-refractivity contribution in [1.82, 2.24) is 0 Å². The number of carbonyl (C=O) groups is 2. The van der Waals surface area contributed by atoms with Gasteiger partial charge < -0.3 is 11.5 Å². The maximum atomic E-state index is 11.1. The number of rotatable bonds is 3. The quantitative estimate of drug-likeness (QED) is 0.732. The molecule has 2 amide bonds. The Kier molecular flexibility index (Phi) is 6.22. The van der Waals surface area contributed by atoms with Gasteiger partial charge in [0.15, 0.2) is 0 Å². The standard InChI is InChI=1S/C10H7Cl4NO.C7H7NO/c11-5-1-4(2-6(12)3-5)7-8(9(15)16)10(7,13)14;8-7(9)6-4-2-1-3-5-6/h1-3,7-8H,(H2,15,16);1-5H,(H2,8,9). The maximum absolute atomic E-state index is 11.1. The van der Waals surface area contributed by atoms with Crippen LogP contribution in [0.25, 0.3) is 0 Å². The average molecular weight is 420 g/mol. The van der Waals surface area contributed by atoms with Gasteiger partial charge >= 0.3 is 0 Å². The molecule has 1 aliphatic carbocycles. The number of halogens is 4. The Morgan fingerprint density at radius 2 is 1.44 bits per heavy atom. The molecule has 25 heavy (non-hydrogen) atoms. The predicted octanol–water partition coefficient (Wildman–Crippen LogP) is 4.15. The third-order valence-electron chi connectivity index (χ3n) is 3.66. The van der Waals surface area contributed by atoms with E-state index < -0.39 is 16.2 Å². The highest BCUT2D eigenvalue weighted by Crippen LogP contribution is 2.65. The lowest BCUT2D eigenvalue weighted by molar-refractivity contribution is -0.119. The van der Waals surface area contributed by atoms with E-state index in [2.05, 4.69) is 0 Å². The molecule has 2 aromatic rings. The molecule has 132 valence electrons. The van der Waals surface area contributed by atoms with E-state index >= 15 is 0 Å². The number of hydrogen-bond donors (Lipinski definition) is 2. The second-order valence-electron chi connectivity index (χ2n) is 5.47. The average Bonchev–Trinajstić information content (AvgIpc) is 3.11. The molecular weight excluding hydrogens is 406 g/mol. The molecule has 4 nitrogen and oxygen atoms in total. The van der Waals surface area contributed by atoms with Crippen LogP contribution in [0.3, 0.4) is 0 Å². The smallest absolute Gasteiger partial charge is 0.248 e. The lowest BCUT2D eigenvalue weighted by Gasteiger charge is -2.02. The molecule has 2 unspecified atom stereocenters. The van der Waals surface area contributed by atoms with Crippen molar-refractivity contribution < 1.29 is 9.59 Å². The van der Waals surface area contributed by atoms with Crippen LogP contribution in [0.1, 0.15) is 21.8 Å². The molecule has 0 bridgehead atoms. The fourth-order valence-electron chi connectivity index (χ4n) is 2.45. The predicted molar refractivity (Wildman–Crippen MR) is 101 cm³/mol. The monoisotopic (exact) mass is 418 g/mol. The van der Waals surface area contributed by atoms with Gasteiger partial charge in [0.25, 0.3) is 0 Å². The van der Waals surface area contributed by atoms with E-state index in [0.717, 1.165) is 5.56 Å². The summed E-state index contributed by atoms with van der Waals surface area (Å²) in [7, 11) is 0. The van der Waals surface area contributed by atoms with Crippen LogP contribution in [-0.4, -0.2) is 16.1 Å². The van der Waals surface area contributed by atoms with Gasteiger partial charge in [0.05, 0.1) is 5.92 Å². The van der Waals surface area contributed by atoms with Crippen molar-refractivity contribution in [2.75, 3.05) is 0 Å². The van der Waals surface area contributed by atoms with Crippen molar-refractivity contribution >= 4 is 58.2 Å². The van der Waals surface area contributed by atoms with Gasteiger partial charge in [-0.25, -0.2) is 0 Å². The van der Waals surface area contributed by atoms with E-state index in [4.69, 9.17) is 57.9 Å². The van der Waals surface area contributed by atoms with Gasteiger partial charge in [-0.1, -0.05) is 41.4 Å². The van der Waals surface area contributed by atoms with Crippen molar-refractivity contribution in [2.24, 2.45) is 17.4 Å². The molecule has 3 rings (SSSR count). The summed E-state index contributed by atoms with van der Waals surface area (Å²) >= 11 is 23.7. The van der Waals surface area contributed by atoms with Gasteiger partial charge in [-0.05, 0) is 35.9 Å². The molecule has 4 N–H and O–H groups in total. The largest absolute Gasteiger partial charge is 0.369 e. The number of carbonyl (C=O) groups excluding carboxylic acids is 2. The zero-order valence-electron chi connectivity index (χ0n) is 12.8. The van der Waals surface area contributed by atoms with Crippen LogP contribution in [0.5, 0.6) is 0 Å². The zero-order valence-corrected chi connectivity index (χ0v) is 15.8. The molecule has 0 radical (unpaired) electrons. The van der Waals surface area contributed by atoms with Crippen LogP contribution in [0.15, 0.2) is 48.5 Å². The van der Waals surface area contributed by atoms with Crippen LogP contribution in [-0.2, 0) is 4.79 Å². The summed E-state index contributed by atoms with van der Waals surface area (Å²) < 4.78 is -1.15. The highest BCUT2D eigenvalue weighted by Gasteiger charge is 2.67. The van der Waals surface area contributed by atoms with E-state index in [1.807, 2.05) is 6.07 Å². The SMILES string of the molecule is NC(=O)C1C(c2cc(Cl)cc(Cl)c2)C1(Cl)Cl.NC(=O)c1ccccc1. The summed E-state index contributed by atoms with van der Waals surface area (Å²) in [4.78, 5) is 21.5. The van der Waals surface area contributed by atoms with Crippen LogP contribution < -0.4 is 11.5 Å². The Morgan fingerprint density at radius 3 is 1.80 bits per heavy atom. The van der Waals surface area contributed by atoms with E-state index in [-0.39, 0.29) is 11.8 Å². The first-order valence-electron chi connectivity index (χ1n) is 7.12. The molecule has 0 heterocycles. The Balaban J connectivity index is 0.000000212. The minimum absolute atomic E-state index is 0.343. The van der Waals surface area contributed by atoms with Crippen LogP contribution in [0, 0.1) is 5.92 Å². The summed E-state index contributed by atoms with van der Waals surface area (Å²) in [5.41, 5.74) is 11.5. The second kappa shape index (κ2) is 7.83. The van der Waals surface area contributed by atoms with Gasteiger partial charge in [-0.2, -0.15) is 0 Å². The Labute approximate surface area is 165 Å². The Bertz CT molecular complexity index is 776.